The predicted molar refractivity (Wildman–Crippen MR) is 97.0 cm³/mol. The van der Waals surface area contributed by atoms with E-state index in [1.807, 2.05) is 18.2 Å². The molecule has 8 heteroatoms. The smallest absolute Gasteiger partial charge is 0.207 e. The highest BCUT2D eigenvalue weighted by Gasteiger charge is 2.38. The summed E-state index contributed by atoms with van der Waals surface area (Å²) in [5.74, 6) is 0.688. The van der Waals surface area contributed by atoms with Crippen LogP contribution < -0.4 is 0 Å². The fourth-order valence-electron chi connectivity index (χ4n) is 2.42. The first-order valence-corrected chi connectivity index (χ1v) is 10.4. The van der Waals surface area contributed by atoms with Crippen LogP contribution in [0.3, 0.4) is 0 Å². The van der Waals surface area contributed by atoms with Crippen LogP contribution in [0.15, 0.2) is 47.4 Å². The normalized spacial score (nSPS) is 19.2. The van der Waals surface area contributed by atoms with Crippen molar-refractivity contribution in [1.82, 2.24) is 4.31 Å². The lowest BCUT2D eigenvalue weighted by atomic mass is 10.2. The number of halogens is 3. The van der Waals surface area contributed by atoms with Gasteiger partial charge in [-0.3, -0.25) is 0 Å². The molecule has 0 radical (unpaired) electrons. The molecule has 1 aliphatic heterocycles. The van der Waals surface area contributed by atoms with Gasteiger partial charge < -0.3 is 0 Å². The summed E-state index contributed by atoms with van der Waals surface area (Å²) in [5, 5.41) is 0.659. The number of benzene rings is 2. The molecule has 0 spiro atoms. The van der Waals surface area contributed by atoms with Crippen LogP contribution in [0.25, 0.3) is 0 Å². The van der Waals surface area contributed by atoms with E-state index in [0.717, 1.165) is 5.56 Å². The quantitative estimate of drug-likeness (QED) is 0.710. The highest BCUT2D eigenvalue weighted by atomic mass is 35.5. The van der Waals surface area contributed by atoms with E-state index in [2.05, 4.69) is 0 Å². The van der Waals surface area contributed by atoms with Gasteiger partial charge in [-0.05, 0) is 29.8 Å². The molecular formula is C15H12Cl3NO2S2. The second-order valence-electron chi connectivity index (χ2n) is 4.94. The average molecular weight is 409 g/mol. The minimum absolute atomic E-state index is 0.0196. The Labute approximate surface area is 154 Å². The van der Waals surface area contributed by atoms with Gasteiger partial charge >= 0.3 is 0 Å². The Kier molecular flexibility index (Phi) is 5.16. The van der Waals surface area contributed by atoms with Crippen molar-refractivity contribution in [2.75, 3.05) is 12.3 Å². The van der Waals surface area contributed by atoms with Gasteiger partial charge in [0.2, 0.25) is 10.0 Å². The molecule has 3 nitrogen and oxygen atoms in total. The highest BCUT2D eigenvalue weighted by molar-refractivity contribution is 8.01. The third kappa shape index (κ3) is 3.36. The van der Waals surface area contributed by atoms with E-state index in [1.54, 1.807) is 12.1 Å². The summed E-state index contributed by atoms with van der Waals surface area (Å²) < 4.78 is 27.5. The van der Waals surface area contributed by atoms with Crippen molar-refractivity contribution in [3.63, 3.8) is 0 Å². The van der Waals surface area contributed by atoms with Crippen LogP contribution >= 0.6 is 46.6 Å². The molecule has 0 aromatic heterocycles. The van der Waals surface area contributed by atoms with Gasteiger partial charge in [0, 0.05) is 22.3 Å². The van der Waals surface area contributed by atoms with E-state index in [9.17, 15) is 8.42 Å². The Morgan fingerprint density at radius 3 is 2.52 bits per heavy atom. The van der Waals surface area contributed by atoms with Crippen LogP contribution in [0.4, 0.5) is 0 Å². The largest absolute Gasteiger partial charge is 0.245 e. The molecule has 0 N–H and O–H groups in total. The summed E-state index contributed by atoms with van der Waals surface area (Å²) >= 11 is 19.8. The SMILES string of the molecule is O=S(=O)(c1cc(Cl)ccc1Cl)N1CCSC1c1ccccc1Cl. The maximum atomic E-state index is 13.0. The van der Waals surface area contributed by atoms with Crippen molar-refractivity contribution in [2.24, 2.45) is 0 Å². The third-order valence-corrected chi connectivity index (χ3v) is 7.80. The van der Waals surface area contributed by atoms with Gasteiger partial charge in [0.05, 0.1) is 10.4 Å². The molecule has 2 aromatic rings. The molecule has 0 saturated carbocycles. The Bertz CT molecular complexity index is 842. The maximum Gasteiger partial charge on any atom is 0.245 e. The maximum absolute atomic E-state index is 13.0. The zero-order valence-electron chi connectivity index (χ0n) is 11.7. The molecule has 122 valence electrons. The lowest BCUT2D eigenvalue weighted by Gasteiger charge is -2.24. The number of thioether (sulfide) groups is 1. The van der Waals surface area contributed by atoms with E-state index < -0.39 is 10.0 Å². The third-order valence-electron chi connectivity index (χ3n) is 3.50. The standard InChI is InChI=1S/C15H12Cl3NO2S2/c16-10-5-6-13(18)14(9-10)23(20,21)19-7-8-22-15(19)11-3-1-2-4-12(11)17/h1-6,9,15H,7-8H2. The van der Waals surface area contributed by atoms with E-state index >= 15 is 0 Å². The van der Waals surface area contributed by atoms with E-state index in [0.29, 0.717) is 22.3 Å². The number of nitrogens with zero attached hydrogens (tertiary/aromatic N) is 1. The summed E-state index contributed by atoms with van der Waals surface area (Å²) in [7, 11) is -3.77. The average Bonchev–Trinajstić information content (AvgIpc) is 3.00. The first-order chi connectivity index (χ1) is 10.9. The lowest BCUT2D eigenvalue weighted by molar-refractivity contribution is 0.434. The summed E-state index contributed by atoms with van der Waals surface area (Å²) in [4.78, 5) is 0.0196. The van der Waals surface area contributed by atoms with Crippen molar-refractivity contribution < 1.29 is 8.42 Å². The van der Waals surface area contributed by atoms with Crippen molar-refractivity contribution >= 4 is 56.6 Å². The number of rotatable bonds is 3. The van der Waals surface area contributed by atoms with Gasteiger partial charge in [0.25, 0.3) is 0 Å². The zero-order chi connectivity index (χ0) is 16.6. The summed E-state index contributed by atoms with van der Waals surface area (Å²) in [6.45, 7) is 0.395. The molecule has 2 aromatic carbocycles. The highest BCUT2D eigenvalue weighted by Crippen LogP contribution is 2.44. The van der Waals surface area contributed by atoms with Crippen molar-refractivity contribution in [1.29, 1.82) is 0 Å². The fourth-order valence-corrected chi connectivity index (χ4v) is 6.73. The molecule has 1 saturated heterocycles. The topological polar surface area (TPSA) is 37.4 Å². The Balaban J connectivity index is 2.05. The molecule has 1 heterocycles. The number of hydrogen-bond acceptors (Lipinski definition) is 3. The van der Waals surface area contributed by atoms with Crippen molar-refractivity contribution in [3.05, 3.63) is 63.1 Å². The number of sulfonamides is 1. The van der Waals surface area contributed by atoms with Gasteiger partial charge in [0.15, 0.2) is 0 Å². The molecule has 1 atom stereocenters. The second-order valence-corrected chi connectivity index (χ2v) is 9.23. The first kappa shape index (κ1) is 17.4. The van der Waals surface area contributed by atoms with E-state index in [1.165, 1.54) is 28.2 Å². The van der Waals surface area contributed by atoms with Crippen LogP contribution in [0.1, 0.15) is 10.9 Å². The monoisotopic (exact) mass is 407 g/mol. The van der Waals surface area contributed by atoms with Gasteiger partial charge in [-0.25, -0.2) is 8.42 Å². The molecule has 23 heavy (non-hydrogen) atoms. The molecule has 1 fully saturated rings. The van der Waals surface area contributed by atoms with Crippen LogP contribution in [0, 0.1) is 0 Å². The molecule has 0 aliphatic carbocycles. The number of hydrogen-bond donors (Lipinski definition) is 0. The van der Waals surface area contributed by atoms with Crippen LogP contribution in [-0.2, 0) is 10.0 Å². The van der Waals surface area contributed by atoms with Gasteiger partial charge in [-0.15, -0.1) is 11.8 Å². The Morgan fingerprint density at radius 1 is 1.04 bits per heavy atom. The predicted octanol–water partition coefficient (Wildman–Crippen LogP) is 5.08. The van der Waals surface area contributed by atoms with E-state index in [-0.39, 0.29) is 15.3 Å². The van der Waals surface area contributed by atoms with Crippen LogP contribution in [0.2, 0.25) is 15.1 Å². The van der Waals surface area contributed by atoms with Crippen LogP contribution in [-0.4, -0.2) is 25.0 Å². The summed E-state index contributed by atoms with van der Waals surface area (Å²) in [5.41, 5.74) is 0.776. The molecule has 1 aliphatic rings. The molecule has 0 bridgehead atoms. The first-order valence-electron chi connectivity index (χ1n) is 6.74. The fraction of sp³-hybridized carbons (Fsp3) is 0.200. The molecule has 1 unspecified atom stereocenters. The van der Waals surface area contributed by atoms with Crippen molar-refractivity contribution in [2.45, 2.75) is 10.3 Å². The van der Waals surface area contributed by atoms with Gasteiger partial charge in [-0.1, -0.05) is 53.0 Å². The minimum Gasteiger partial charge on any atom is -0.207 e. The second kappa shape index (κ2) is 6.82. The van der Waals surface area contributed by atoms with Gasteiger partial charge in [0.1, 0.15) is 4.90 Å². The van der Waals surface area contributed by atoms with Crippen LogP contribution in [0.5, 0.6) is 0 Å². The van der Waals surface area contributed by atoms with Gasteiger partial charge in [-0.2, -0.15) is 4.31 Å². The van der Waals surface area contributed by atoms with E-state index in [4.69, 9.17) is 34.8 Å². The molecular weight excluding hydrogens is 397 g/mol. The zero-order valence-corrected chi connectivity index (χ0v) is 15.6. The Hall–Kier alpha value is -0.430. The summed E-state index contributed by atoms with van der Waals surface area (Å²) in [6, 6.07) is 11.7. The molecule has 0 amide bonds. The van der Waals surface area contributed by atoms with Crippen molar-refractivity contribution in [3.8, 4) is 0 Å². The molecule has 3 rings (SSSR count). The summed E-state index contributed by atoms with van der Waals surface area (Å²) in [6.07, 6.45) is 0. The minimum atomic E-state index is -3.77. The Morgan fingerprint density at radius 2 is 1.78 bits per heavy atom. The lowest BCUT2D eigenvalue weighted by Crippen LogP contribution is -2.30.